The highest BCUT2D eigenvalue weighted by Crippen LogP contribution is 2.64. The van der Waals surface area contributed by atoms with E-state index in [2.05, 4.69) is 137 Å². The molecular weight excluding hydrogens is 528 g/mol. The van der Waals surface area contributed by atoms with Crippen molar-refractivity contribution < 1.29 is 0 Å². The second-order valence-electron chi connectivity index (χ2n) is 14.9. The molecule has 0 spiro atoms. The van der Waals surface area contributed by atoms with Gasteiger partial charge in [-0.3, -0.25) is 0 Å². The van der Waals surface area contributed by atoms with Gasteiger partial charge in [-0.1, -0.05) is 131 Å². The fraction of sp³-hybridized carbons (Fsp3) is 0.182. The summed E-state index contributed by atoms with van der Waals surface area (Å²) in [7, 11) is 0. The van der Waals surface area contributed by atoms with Gasteiger partial charge in [-0.25, -0.2) is 0 Å². The van der Waals surface area contributed by atoms with E-state index in [0.29, 0.717) is 11.8 Å². The third kappa shape index (κ3) is 2.50. The Bertz CT molecular complexity index is 2460. The molecule has 5 aromatic carbocycles. The monoisotopic (exact) mass is 560 g/mol. The molecule has 11 rings (SSSR count). The molecule has 0 N–H and O–H groups in total. The van der Waals surface area contributed by atoms with Crippen LogP contribution in [-0.2, 0) is 10.8 Å². The predicted molar refractivity (Wildman–Crippen MR) is 185 cm³/mol. The molecule has 0 fully saturated rings. The molecule has 0 nitrogen and oxygen atoms in total. The van der Waals surface area contributed by atoms with Crippen molar-refractivity contribution in [3.63, 3.8) is 0 Å². The molecule has 0 heteroatoms. The first-order valence-corrected chi connectivity index (χ1v) is 16.2. The molecule has 6 aliphatic rings. The fourth-order valence-electron chi connectivity index (χ4n) is 10.3. The van der Waals surface area contributed by atoms with E-state index >= 15 is 0 Å². The average molecular weight is 561 g/mol. The average Bonchev–Trinajstić information content (AvgIpc) is 3.41. The summed E-state index contributed by atoms with van der Waals surface area (Å²) in [5.41, 5.74) is 17.5. The van der Waals surface area contributed by atoms with Crippen LogP contribution in [0.1, 0.15) is 49.9 Å². The van der Waals surface area contributed by atoms with Gasteiger partial charge in [-0.05, 0) is 105 Å². The molecule has 0 amide bonds. The maximum atomic E-state index is 2.57. The van der Waals surface area contributed by atoms with Gasteiger partial charge in [0.25, 0.3) is 0 Å². The Kier molecular flexibility index (Phi) is 3.96. The van der Waals surface area contributed by atoms with Crippen molar-refractivity contribution in [2.75, 3.05) is 0 Å². The molecule has 44 heavy (non-hydrogen) atoms. The van der Waals surface area contributed by atoms with E-state index < -0.39 is 0 Å². The third-order valence-corrected chi connectivity index (χ3v) is 12.1. The number of benzene rings is 5. The van der Waals surface area contributed by atoms with Gasteiger partial charge < -0.3 is 0 Å². The van der Waals surface area contributed by atoms with E-state index in [1.165, 1.54) is 99.1 Å². The zero-order chi connectivity index (χ0) is 29.3. The van der Waals surface area contributed by atoms with Crippen molar-refractivity contribution in [3.8, 4) is 11.1 Å². The van der Waals surface area contributed by atoms with Gasteiger partial charge in [0.15, 0.2) is 0 Å². The van der Waals surface area contributed by atoms with Crippen LogP contribution in [0, 0.1) is 11.8 Å². The molecule has 208 valence electrons. The largest absolute Gasteiger partial charge is 0.0617 e. The third-order valence-electron chi connectivity index (χ3n) is 12.1. The van der Waals surface area contributed by atoms with Crippen LogP contribution < -0.4 is 0 Å². The van der Waals surface area contributed by atoms with E-state index in [1.54, 1.807) is 0 Å². The van der Waals surface area contributed by atoms with Gasteiger partial charge in [0.05, 0.1) is 0 Å². The van der Waals surface area contributed by atoms with Gasteiger partial charge in [-0.15, -0.1) is 0 Å². The summed E-state index contributed by atoms with van der Waals surface area (Å²) in [6, 6.07) is 23.6. The van der Waals surface area contributed by atoms with E-state index in [4.69, 9.17) is 0 Å². The second kappa shape index (κ2) is 7.33. The summed E-state index contributed by atoms with van der Waals surface area (Å²) in [5, 5.41) is 8.24. The van der Waals surface area contributed by atoms with Crippen LogP contribution >= 0.6 is 0 Å². The summed E-state index contributed by atoms with van der Waals surface area (Å²) in [6.07, 6.45) is 19.0. The lowest BCUT2D eigenvalue weighted by molar-refractivity contribution is 0.557. The van der Waals surface area contributed by atoms with Crippen molar-refractivity contribution in [2.24, 2.45) is 11.8 Å². The Hall–Kier alpha value is -4.68. The van der Waals surface area contributed by atoms with E-state index in [0.717, 1.165) is 0 Å². The van der Waals surface area contributed by atoms with Gasteiger partial charge in [0.1, 0.15) is 0 Å². The number of hydrogen-bond donors (Lipinski definition) is 0. The number of rotatable bonds is 0. The van der Waals surface area contributed by atoms with E-state index in [9.17, 15) is 0 Å². The van der Waals surface area contributed by atoms with E-state index in [-0.39, 0.29) is 10.8 Å². The zero-order valence-electron chi connectivity index (χ0n) is 25.5. The topological polar surface area (TPSA) is 0 Å². The lowest BCUT2D eigenvalue weighted by atomic mass is 9.61. The number of hydrogen-bond acceptors (Lipinski definition) is 0. The Morgan fingerprint density at radius 3 is 2.18 bits per heavy atom. The Labute approximate surface area is 258 Å². The van der Waals surface area contributed by atoms with Gasteiger partial charge in [-0.2, -0.15) is 0 Å². The first kappa shape index (κ1) is 23.7. The highest BCUT2D eigenvalue weighted by molar-refractivity contribution is 6.26. The molecule has 5 aromatic rings. The minimum absolute atomic E-state index is 0.0963. The van der Waals surface area contributed by atoms with Crippen LogP contribution in [0.25, 0.3) is 49.0 Å². The standard InChI is InChI=1S/C44H32/c1-43(2)33-21-27-13-11-23-7-5-9-25-15-17-29(37(27)35(23)25)39(33)31-19-20-32-40-30-18-16-26-10-6-8-24-12-14-28(38(30)36(24)26)22-34(40)44(3,4)42(32)41(31)43/h5-22,35,37H,1-4H3. The molecule has 0 bridgehead atoms. The van der Waals surface area contributed by atoms with Gasteiger partial charge >= 0.3 is 0 Å². The quantitative estimate of drug-likeness (QED) is 0.165. The molecule has 2 unspecified atom stereocenters. The van der Waals surface area contributed by atoms with Crippen LogP contribution in [0.4, 0.5) is 0 Å². The van der Waals surface area contributed by atoms with E-state index in [1.807, 2.05) is 0 Å². The summed E-state index contributed by atoms with van der Waals surface area (Å²) >= 11 is 0. The molecule has 0 aliphatic heterocycles. The van der Waals surface area contributed by atoms with Crippen molar-refractivity contribution >= 4 is 37.9 Å². The molecule has 0 saturated carbocycles. The molecule has 2 atom stereocenters. The maximum Gasteiger partial charge on any atom is 0.0205 e. The van der Waals surface area contributed by atoms with Crippen LogP contribution in [0.2, 0.25) is 0 Å². The highest BCUT2D eigenvalue weighted by Gasteiger charge is 2.51. The number of allylic oxidation sites excluding steroid dienone is 14. The van der Waals surface area contributed by atoms with Crippen molar-refractivity contribution in [1.82, 2.24) is 0 Å². The Balaban J connectivity index is 1.23. The molecule has 0 radical (unpaired) electrons. The Morgan fingerprint density at radius 2 is 1.32 bits per heavy atom. The van der Waals surface area contributed by atoms with Crippen LogP contribution in [-0.4, -0.2) is 0 Å². The Morgan fingerprint density at radius 1 is 0.591 bits per heavy atom. The van der Waals surface area contributed by atoms with Gasteiger partial charge in [0, 0.05) is 22.7 Å². The summed E-state index contributed by atoms with van der Waals surface area (Å²) < 4.78 is 0. The molecule has 0 saturated heterocycles. The maximum absolute atomic E-state index is 2.57. The fourth-order valence-corrected chi connectivity index (χ4v) is 10.3. The van der Waals surface area contributed by atoms with Crippen LogP contribution in [0.5, 0.6) is 0 Å². The number of fused-ring (bicyclic) bond motifs is 8. The lowest BCUT2D eigenvalue weighted by Crippen LogP contribution is -2.30. The van der Waals surface area contributed by atoms with Gasteiger partial charge in [0.2, 0.25) is 0 Å². The van der Waals surface area contributed by atoms with Crippen LogP contribution in [0.3, 0.4) is 0 Å². The van der Waals surface area contributed by atoms with Crippen molar-refractivity contribution in [1.29, 1.82) is 0 Å². The predicted octanol–water partition coefficient (Wildman–Crippen LogP) is 11.0. The first-order chi connectivity index (χ1) is 21.3. The SMILES string of the molecule is CC1(C)C2=CC3=CC=C4C=CC=C5C=CC(=C2c2ccc6c(c21)C(C)(C)c1cc2ccc7cccc8ccc(c1-6)c2c78)C3C54. The summed E-state index contributed by atoms with van der Waals surface area (Å²) in [5.74, 6) is 0.831. The minimum atomic E-state index is -0.107. The second-order valence-corrected chi connectivity index (χ2v) is 14.9. The lowest BCUT2D eigenvalue weighted by Gasteiger charge is -2.42. The molecule has 0 aromatic heterocycles. The van der Waals surface area contributed by atoms with Crippen molar-refractivity contribution in [3.05, 3.63) is 159 Å². The normalized spacial score (nSPS) is 24.1. The van der Waals surface area contributed by atoms with Crippen molar-refractivity contribution in [2.45, 2.75) is 38.5 Å². The zero-order valence-corrected chi connectivity index (χ0v) is 25.5. The first-order valence-electron chi connectivity index (χ1n) is 16.2. The molecule has 6 aliphatic carbocycles. The molecular formula is C44H32. The summed E-state index contributed by atoms with van der Waals surface area (Å²) in [4.78, 5) is 0. The highest BCUT2D eigenvalue weighted by atomic mass is 14.5. The summed E-state index contributed by atoms with van der Waals surface area (Å²) in [6.45, 7) is 9.92. The smallest absolute Gasteiger partial charge is 0.0205 e. The minimum Gasteiger partial charge on any atom is -0.0617 e. The van der Waals surface area contributed by atoms with Crippen LogP contribution in [0.15, 0.2) is 137 Å². The molecule has 0 heterocycles.